The second kappa shape index (κ2) is 9.62. The van der Waals surface area contributed by atoms with Gasteiger partial charge in [0.05, 0.1) is 12.0 Å². The van der Waals surface area contributed by atoms with E-state index in [-0.39, 0.29) is 24.0 Å². The number of imidazole rings is 1. The maximum absolute atomic E-state index is 4.89. The predicted octanol–water partition coefficient (Wildman–Crippen LogP) is 0.882. The fourth-order valence-electron chi connectivity index (χ4n) is 2.71. The van der Waals surface area contributed by atoms with Crippen molar-refractivity contribution in [3.05, 3.63) is 36.7 Å². The van der Waals surface area contributed by atoms with Crippen LogP contribution in [0.25, 0.3) is 0 Å². The highest BCUT2D eigenvalue weighted by atomic mass is 127. The summed E-state index contributed by atoms with van der Waals surface area (Å²) in [5.74, 6) is 0.964. The highest BCUT2D eigenvalue weighted by molar-refractivity contribution is 14.0. The molecule has 0 spiro atoms. The van der Waals surface area contributed by atoms with E-state index >= 15 is 0 Å². The number of piperazine rings is 1. The van der Waals surface area contributed by atoms with Crippen molar-refractivity contribution in [2.75, 3.05) is 39.8 Å². The minimum Gasteiger partial charge on any atom is -0.364 e. The molecule has 0 saturated carbocycles. The van der Waals surface area contributed by atoms with Gasteiger partial charge in [-0.05, 0) is 0 Å². The molecular weight excluding hydrogens is 421 g/mol. The van der Waals surface area contributed by atoms with Gasteiger partial charge in [0.15, 0.2) is 5.96 Å². The van der Waals surface area contributed by atoms with Gasteiger partial charge >= 0.3 is 0 Å². The van der Waals surface area contributed by atoms with E-state index in [0.717, 1.165) is 57.5 Å². The van der Waals surface area contributed by atoms with Crippen LogP contribution in [0.15, 0.2) is 40.6 Å². The molecule has 3 rings (SSSR count). The van der Waals surface area contributed by atoms with E-state index in [0.29, 0.717) is 0 Å². The Balaban J connectivity index is 0.00000208. The van der Waals surface area contributed by atoms with Gasteiger partial charge in [0.1, 0.15) is 6.26 Å². The fraction of sp³-hybridized carbons (Fsp3) is 0.533. The van der Waals surface area contributed by atoms with Crippen LogP contribution in [0.3, 0.4) is 0 Å². The Hall–Kier alpha value is -1.62. The Morgan fingerprint density at radius 2 is 2.17 bits per heavy atom. The summed E-state index contributed by atoms with van der Waals surface area (Å²) in [6.07, 6.45) is 7.21. The minimum atomic E-state index is 0. The molecule has 0 aromatic carbocycles. The number of halogens is 1. The lowest BCUT2D eigenvalue weighted by atomic mass is 10.3. The first-order valence-corrected chi connectivity index (χ1v) is 7.88. The molecule has 0 atom stereocenters. The Morgan fingerprint density at radius 1 is 1.33 bits per heavy atom. The van der Waals surface area contributed by atoms with Gasteiger partial charge in [-0.2, -0.15) is 0 Å². The van der Waals surface area contributed by atoms with Crippen molar-refractivity contribution in [1.82, 2.24) is 29.8 Å². The van der Waals surface area contributed by atoms with E-state index in [1.54, 1.807) is 12.5 Å². The molecule has 1 saturated heterocycles. The zero-order valence-corrected chi connectivity index (χ0v) is 16.2. The van der Waals surface area contributed by atoms with Crippen molar-refractivity contribution in [2.45, 2.75) is 13.1 Å². The summed E-state index contributed by atoms with van der Waals surface area (Å²) in [6.45, 7) is 6.47. The average Bonchev–Trinajstić information content (AvgIpc) is 3.26. The molecule has 2 aromatic heterocycles. The highest BCUT2D eigenvalue weighted by Gasteiger charge is 2.20. The SMILES string of the molecule is CN=C(NCCn1ccnc1)N1CCN(Cc2ccon2)CC1.I. The van der Waals surface area contributed by atoms with Crippen LogP contribution in [-0.2, 0) is 13.1 Å². The van der Waals surface area contributed by atoms with Crippen LogP contribution < -0.4 is 5.32 Å². The molecule has 0 amide bonds. The zero-order valence-electron chi connectivity index (χ0n) is 13.8. The molecule has 9 heteroatoms. The van der Waals surface area contributed by atoms with E-state index < -0.39 is 0 Å². The molecular formula is C15H24IN7O. The third-order valence-corrected chi connectivity index (χ3v) is 3.97. The van der Waals surface area contributed by atoms with E-state index in [1.165, 1.54) is 0 Å². The normalized spacial score (nSPS) is 16.0. The number of nitrogens with zero attached hydrogens (tertiary/aromatic N) is 6. The van der Waals surface area contributed by atoms with E-state index in [4.69, 9.17) is 4.52 Å². The van der Waals surface area contributed by atoms with Crippen LogP contribution >= 0.6 is 24.0 Å². The summed E-state index contributed by atoms with van der Waals surface area (Å²) in [5, 5.41) is 7.39. The molecule has 0 aliphatic carbocycles. The maximum atomic E-state index is 4.89. The number of aromatic nitrogens is 3. The van der Waals surface area contributed by atoms with Crippen molar-refractivity contribution >= 4 is 29.9 Å². The second-order valence-corrected chi connectivity index (χ2v) is 5.53. The summed E-state index contributed by atoms with van der Waals surface area (Å²) in [6, 6.07) is 1.92. The molecule has 132 valence electrons. The molecule has 1 aliphatic rings. The zero-order chi connectivity index (χ0) is 15.9. The van der Waals surface area contributed by atoms with Gasteiger partial charge in [0.25, 0.3) is 0 Å². The molecule has 24 heavy (non-hydrogen) atoms. The summed E-state index contributed by atoms with van der Waals surface area (Å²) < 4.78 is 6.94. The monoisotopic (exact) mass is 445 g/mol. The van der Waals surface area contributed by atoms with E-state index in [1.807, 2.05) is 25.6 Å². The van der Waals surface area contributed by atoms with Crippen molar-refractivity contribution in [1.29, 1.82) is 0 Å². The van der Waals surface area contributed by atoms with Gasteiger partial charge in [0.2, 0.25) is 0 Å². The maximum Gasteiger partial charge on any atom is 0.193 e. The van der Waals surface area contributed by atoms with Crippen LogP contribution in [0.5, 0.6) is 0 Å². The van der Waals surface area contributed by atoms with Gasteiger partial charge in [-0.25, -0.2) is 4.98 Å². The molecule has 1 N–H and O–H groups in total. The first-order valence-electron chi connectivity index (χ1n) is 7.88. The fourth-order valence-corrected chi connectivity index (χ4v) is 2.71. The van der Waals surface area contributed by atoms with Gasteiger partial charge in [-0.1, -0.05) is 5.16 Å². The number of aliphatic imine (C=N–C) groups is 1. The molecule has 2 aromatic rings. The largest absolute Gasteiger partial charge is 0.364 e. The number of rotatable bonds is 5. The van der Waals surface area contributed by atoms with Crippen LogP contribution in [0.4, 0.5) is 0 Å². The average molecular weight is 445 g/mol. The van der Waals surface area contributed by atoms with Gasteiger partial charge in [0, 0.05) is 71.3 Å². The minimum absolute atomic E-state index is 0. The number of guanidine groups is 1. The summed E-state index contributed by atoms with van der Waals surface area (Å²) in [5.41, 5.74) is 0.987. The molecule has 1 aliphatic heterocycles. The van der Waals surface area contributed by atoms with Crippen LogP contribution in [0, 0.1) is 0 Å². The molecule has 3 heterocycles. The summed E-state index contributed by atoms with van der Waals surface area (Å²) in [7, 11) is 1.83. The van der Waals surface area contributed by atoms with Gasteiger partial charge in [-0.15, -0.1) is 24.0 Å². The van der Waals surface area contributed by atoms with Crippen LogP contribution in [0.2, 0.25) is 0 Å². The predicted molar refractivity (Wildman–Crippen MR) is 102 cm³/mol. The number of nitrogens with one attached hydrogen (secondary N) is 1. The lowest BCUT2D eigenvalue weighted by Gasteiger charge is -2.36. The Labute approximate surface area is 158 Å². The van der Waals surface area contributed by atoms with Crippen molar-refractivity contribution < 1.29 is 4.52 Å². The van der Waals surface area contributed by atoms with E-state index in [9.17, 15) is 0 Å². The summed E-state index contributed by atoms with van der Waals surface area (Å²) >= 11 is 0. The second-order valence-electron chi connectivity index (χ2n) is 5.53. The van der Waals surface area contributed by atoms with Gasteiger partial charge < -0.3 is 19.3 Å². The van der Waals surface area contributed by atoms with E-state index in [2.05, 4.69) is 34.8 Å². The standard InChI is InChI=1S/C15H23N7O.HI/c1-16-15(18-4-6-21-5-3-17-13-21)22-9-7-20(8-10-22)12-14-2-11-23-19-14;/h2-3,5,11,13H,4,6-10,12H2,1H3,(H,16,18);1H. The molecule has 1 fully saturated rings. The first-order chi connectivity index (χ1) is 11.3. The van der Waals surface area contributed by atoms with Crippen molar-refractivity contribution in [3.8, 4) is 0 Å². The van der Waals surface area contributed by atoms with Crippen LogP contribution in [0.1, 0.15) is 5.69 Å². The Kier molecular flexibility index (Phi) is 7.50. The van der Waals surface area contributed by atoms with Crippen LogP contribution in [-0.4, -0.2) is 70.2 Å². The molecule has 8 nitrogen and oxygen atoms in total. The third kappa shape index (κ3) is 5.20. The van der Waals surface area contributed by atoms with Crippen molar-refractivity contribution in [3.63, 3.8) is 0 Å². The number of hydrogen-bond donors (Lipinski definition) is 1. The quantitative estimate of drug-likeness (QED) is 0.419. The Morgan fingerprint density at radius 3 is 2.79 bits per heavy atom. The third-order valence-electron chi connectivity index (χ3n) is 3.97. The number of hydrogen-bond acceptors (Lipinski definition) is 5. The topological polar surface area (TPSA) is 74.7 Å². The lowest BCUT2D eigenvalue weighted by molar-refractivity contribution is 0.169. The van der Waals surface area contributed by atoms with Gasteiger partial charge in [-0.3, -0.25) is 9.89 Å². The highest BCUT2D eigenvalue weighted by Crippen LogP contribution is 2.07. The first kappa shape index (κ1) is 18.7. The van der Waals surface area contributed by atoms with Crippen molar-refractivity contribution in [2.24, 2.45) is 4.99 Å². The molecule has 0 unspecified atom stereocenters. The summed E-state index contributed by atoms with van der Waals surface area (Å²) in [4.78, 5) is 13.1. The molecule has 0 radical (unpaired) electrons. The lowest BCUT2D eigenvalue weighted by Crippen LogP contribution is -2.52. The smallest absolute Gasteiger partial charge is 0.193 e. The Bertz CT molecular complexity index is 591. The molecule has 0 bridgehead atoms.